The van der Waals surface area contributed by atoms with Gasteiger partial charge in [-0.15, -0.1) is 0 Å². The number of nitrogens with zero attached hydrogens (tertiary/aromatic N) is 2. The fraction of sp³-hybridized carbons (Fsp3) is 0.357. The summed E-state index contributed by atoms with van der Waals surface area (Å²) in [5.41, 5.74) is 0.816. The van der Waals surface area contributed by atoms with E-state index in [2.05, 4.69) is 15.5 Å². The first-order chi connectivity index (χ1) is 9.60. The van der Waals surface area contributed by atoms with E-state index in [0.717, 1.165) is 12.0 Å². The summed E-state index contributed by atoms with van der Waals surface area (Å²) in [6.07, 6.45) is 1.29. The van der Waals surface area contributed by atoms with Crippen molar-refractivity contribution in [2.24, 2.45) is 0 Å². The standard InChI is InChI=1S/C14H16ClN3O2/c1-3-4-12(19)16-9(2)14-17-13(18-20-14)10-5-7-11(15)8-6-10/h5-9H,3-4H2,1-2H3,(H,16,19)/t9-/m0/s1. The number of benzene rings is 1. The number of aromatic nitrogens is 2. The van der Waals surface area contributed by atoms with Crippen LogP contribution in [0.15, 0.2) is 28.8 Å². The lowest BCUT2D eigenvalue weighted by Crippen LogP contribution is -2.26. The Morgan fingerprint density at radius 2 is 2.10 bits per heavy atom. The van der Waals surface area contributed by atoms with Gasteiger partial charge in [0, 0.05) is 17.0 Å². The molecule has 2 aromatic rings. The van der Waals surface area contributed by atoms with Gasteiger partial charge in [-0.25, -0.2) is 0 Å². The number of hydrogen-bond donors (Lipinski definition) is 1. The summed E-state index contributed by atoms with van der Waals surface area (Å²) in [5.74, 6) is 0.846. The summed E-state index contributed by atoms with van der Waals surface area (Å²) < 4.78 is 5.18. The Morgan fingerprint density at radius 3 is 2.75 bits per heavy atom. The lowest BCUT2D eigenvalue weighted by atomic mass is 10.2. The first-order valence-electron chi connectivity index (χ1n) is 6.49. The molecule has 0 fully saturated rings. The minimum absolute atomic E-state index is 0.0220. The number of hydrogen-bond acceptors (Lipinski definition) is 4. The molecule has 0 bridgehead atoms. The molecule has 1 atom stereocenters. The van der Waals surface area contributed by atoms with Gasteiger partial charge in [-0.1, -0.05) is 23.7 Å². The van der Waals surface area contributed by atoms with Crippen LogP contribution in [0.1, 0.15) is 38.6 Å². The van der Waals surface area contributed by atoms with E-state index in [1.165, 1.54) is 0 Å². The number of amides is 1. The van der Waals surface area contributed by atoms with Crippen LogP contribution in [0.25, 0.3) is 11.4 Å². The highest BCUT2D eigenvalue weighted by molar-refractivity contribution is 6.30. The van der Waals surface area contributed by atoms with Crippen molar-refractivity contribution in [1.29, 1.82) is 0 Å². The van der Waals surface area contributed by atoms with Gasteiger partial charge in [0.25, 0.3) is 0 Å². The predicted molar refractivity (Wildman–Crippen MR) is 76.2 cm³/mol. The maximum absolute atomic E-state index is 11.5. The second-order valence-electron chi connectivity index (χ2n) is 4.50. The smallest absolute Gasteiger partial charge is 0.249 e. The van der Waals surface area contributed by atoms with Crippen LogP contribution in [0.4, 0.5) is 0 Å². The molecule has 0 spiro atoms. The van der Waals surface area contributed by atoms with Crippen LogP contribution in [0.2, 0.25) is 5.02 Å². The third-order valence-corrected chi connectivity index (χ3v) is 3.02. The summed E-state index contributed by atoms with van der Waals surface area (Å²) in [4.78, 5) is 15.8. The number of carbonyl (C=O) groups excluding carboxylic acids is 1. The molecule has 2 rings (SSSR count). The molecular weight excluding hydrogens is 278 g/mol. The molecule has 20 heavy (non-hydrogen) atoms. The highest BCUT2D eigenvalue weighted by Crippen LogP contribution is 2.20. The van der Waals surface area contributed by atoms with E-state index >= 15 is 0 Å². The number of carbonyl (C=O) groups is 1. The fourth-order valence-electron chi connectivity index (χ4n) is 1.73. The fourth-order valence-corrected chi connectivity index (χ4v) is 1.86. The SMILES string of the molecule is CCCC(=O)N[C@@H](C)c1nc(-c2ccc(Cl)cc2)no1. The van der Waals surface area contributed by atoms with E-state index in [0.29, 0.717) is 23.2 Å². The van der Waals surface area contributed by atoms with Crippen molar-refractivity contribution in [3.8, 4) is 11.4 Å². The molecule has 1 N–H and O–H groups in total. The van der Waals surface area contributed by atoms with Gasteiger partial charge in [0.2, 0.25) is 17.6 Å². The third-order valence-electron chi connectivity index (χ3n) is 2.77. The maximum Gasteiger partial charge on any atom is 0.249 e. The van der Waals surface area contributed by atoms with Gasteiger partial charge in [-0.2, -0.15) is 4.98 Å². The molecule has 1 amide bonds. The maximum atomic E-state index is 11.5. The Hall–Kier alpha value is -1.88. The van der Waals surface area contributed by atoms with Crippen LogP contribution in [0.5, 0.6) is 0 Å². The van der Waals surface area contributed by atoms with Crippen LogP contribution < -0.4 is 5.32 Å². The monoisotopic (exact) mass is 293 g/mol. The molecule has 106 valence electrons. The minimum Gasteiger partial charge on any atom is -0.345 e. The Balaban J connectivity index is 2.08. The molecule has 5 nitrogen and oxygen atoms in total. The summed E-state index contributed by atoms with van der Waals surface area (Å²) in [6.45, 7) is 3.77. The van der Waals surface area contributed by atoms with Crippen molar-refractivity contribution in [1.82, 2.24) is 15.5 Å². The van der Waals surface area contributed by atoms with E-state index in [-0.39, 0.29) is 11.9 Å². The Bertz CT molecular complexity index is 580. The van der Waals surface area contributed by atoms with E-state index in [1.807, 2.05) is 26.0 Å². The first-order valence-corrected chi connectivity index (χ1v) is 6.87. The van der Waals surface area contributed by atoms with Crippen LogP contribution in [0.3, 0.4) is 0 Å². The average Bonchev–Trinajstić information content (AvgIpc) is 2.89. The molecule has 0 unspecified atom stereocenters. The van der Waals surface area contributed by atoms with Crippen molar-refractivity contribution in [2.45, 2.75) is 32.7 Å². The van der Waals surface area contributed by atoms with E-state index in [9.17, 15) is 4.79 Å². The van der Waals surface area contributed by atoms with Crippen molar-refractivity contribution in [3.05, 3.63) is 35.2 Å². The zero-order chi connectivity index (χ0) is 14.5. The second-order valence-corrected chi connectivity index (χ2v) is 4.94. The predicted octanol–water partition coefficient (Wildman–Crippen LogP) is 3.37. The van der Waals surface area contributed by atoms with Crippen molar-refractivity contribution < 1.29 is 9.32 Å². The largest absolute Gasteiger partial charge is 0.345 e. The summed E-state index contributed by atoms with van der Waals surface area (Å²) in [5, 5.41) is 7.38. The zero-order valence-electron chi connectivity index (χ0n) is 11.4. The van der Waals surface area contributed by atoms with Gasteiger partial charge in [-0.05, 0) is 37.6 Å². The Labute approximate surface area is 122 Å². The van der Waals surface area contributed by atoms with Crippen molar-refractivity contribution in [2.75, 3.05) is 0 Å². The number of nitrogens with one attached hydrogen (secondary N) is 1. The highest BCUT2D eigenvalue weighted by atomic mass is 35.5. The normalized spacial score (nSPS) is 12.2. The van der Waals surface area contributed by atoms with Gasteiger partial charge < -0.3 is 9.84 Å². The first kappa shape index (κ1) is 14.5. The Morgan fingerprint density at radius 1 is 1.40 bits per heavy atom. The molecule has 0 aliphatic heterocycles. The Kier molecular flexibility index (Phi) is 4.74. The quantitative estimate of drug-likeness (QED) is 0.918. The van der Waals surface area contributed by atoms with E-state index in [4.69, 9.17) is 16.1 Å². The van der Waals surface area contributed by atoms with Gasteiger partial charge in [0.1, 0.15) is 6.04 Å². The molecule has 0 saturated carbocycles. The van der Waals surface area contributed by atoms with Crippen LogP contribution >= 0.6 is 11.6 Å². The minimum atomic E-state index is -0.303. The zero-order valence-corrected chi connectivity index (χ0v) is 12.1. The van der Waals surface area contributed by atoms with E-state index in [1.54, 1.807) is 12.1 Å². The van der Waals surface area contributed by atoms with Gasteiger partial charge in [0.15, 0.2) is 0 Å². The number of rotatable bonds is 5. The lowest BCUT2D eigenvalue weighted by Gasteiger charge is -2.08. The molecule has 0 radical (unpaired) electrons. The molecule has 6 heteroatoms. The van der Waals surface area contributed by atoms with E-state index < -0.39 is 0 Å². The molecule has 1 heterocycles. The van der Waals surface area contributed by atoms with Gasteiger partial charge >= 0.3 is 0 Å². The van der Waals surface area contributed by atoms with Crippen LogP contribution in [-0.4, -0.2) is 16.0 Å². The molecular formula is C14H16ClN3O2. The highest BCUT2D eigenvalue weighted by Gasteiger charge is 2.16. The van der Waals surface area contributed by atoms with Crippen LogP contribution in [-0.2, 0) is 4.79 Å². The molecule has 1 aromatic carbocycles. The van der Waals surface area contributed by atoms with Gasteiger partial charge in [-0.3, -0.25) is 4.79 Å². The topological polar surface area (TPSA) is 68.0 Å². The third kappa shape index (κ3) is 3.57. The van der Waals surface area contributed by atoms with Crippen molar-refractivity contribution in [3.63, 3.8) is 0 Å². The summed E-state index contributed by atoms with van der Waals surface area (Å²) in [6, 6.07) is 6.86. The molecule has 0 aliphatic carbocycles. The lowest BCUT2D eigenvalue weighted by molar-refractivity contribution is -0.121. The number of halogens is 1. The van der Waals surface area contributed by atoms with Gasteiger partial charge in [0.05, 0.1) is 0 Å². The van der Waals surface area contributed by atoms with Crippen LogP contribution in [0, 0.1) is 0 Å². The van der Waals surface area contributed by atoms with Crippen molar-refractivity contribution >= 4 is 17.5 Å². The molecule has 0 aliphatic rings. The average molecular weight is 294 g/mol. The molecule has 0 saturated heterocycles. The second kappa shape index (κ2) is 6.52. The molecule has 1 aromatic heterocycles. The summed E-state index contributed by atoms with van der Waals surface area (Å²) in [7, 11) is 0. The summed E-state index contributed by atoms with van der Waals surface area (Å²) >= 11 is 5.83.